The van der Waals surface area contributed by atoms with E-state index in [9.17, 15) is 9.18 Å². The third-order valence-corrected chi connectivity index (χ3v) is 4.62. The number of aryl methyl sites for hydroxylation is 1. The molecule has 1 N–H and O–H groups in total. The Kier molecular flexibility index (Phi) is 5.96. The van der Waals surface area contributed by atoms with Crippen LogP contribution in [-0.4, -0.2) is 38.4 Å². The zero-order valence-electron chi connectivity index (χ0n) is 14.2. The zero-order chi connectivity index (χ0) is 18.4. The van der Waals surface area contributed by atoms with Crippen molar-refractivity contribution in [2.75, 3.05) is 12.3 Å². The number of tetrazole rings is 1. The van der Waals surface area contributed by atoms with Crippen molar-refractivity contribution in [1.82, 2.24) is 25.5 Å². The van der Waals surface area contributed by atoms with E-state index in [0.717, 1.165) is 16.8 Å². The summed E-state index contributed by atoms with van der Waals surface area (Å²) in [5.41, 5.74) is 2.97. The lowest BCUT2D eigenvalue weighted by Gasteiger charge is -2.06. The van der Waals surface area contributed by atoms with Crippen molar-refractivity contribution in [2.24, 2.45) is 0 Å². The quantitative estimate of drug-likeness (QED) is 0.646. The lowest BCUT2D eigenvalue weighted by Crippen LogP contribution is -2.27. The SMILES string of the molecule is Cc1ccc(-n2nnnc2SCC(=O)NCCc2ccc(F)cc2)cc1. The van der Waals surface area contributed by atoms with Gasteiger partial charge in [0.2, 0.25) is 11.1 Å². The van der Waals surface area contributed by atoms with Crippen molar-refractivity contribution < 1.29 is 9.18 Å². The number of halogens is 1. The third kappa shape index (κ3) is 4.89. The van der Waals surface area contributed by atoms with Gasteiger partial charge < -0.3 is 5.32 Å². The molecule has 0 saturated carbocycles. The maximum absolute atomic E-state index is 12.9. The molecule has 0 spiro atoms. The molecule has 3 rings (SSSR count). The van der Waals surface area contributed by atoms with Crippen LogP contribution in [-0.2, 0) is 11.2 Å². The second kappa shape index (κ2) is 8.57. The number of hydrogen-bond donors (Lipinski definition) is 1. The maximum Gasteiger partial charge on any atom is 0.230 e. The molecule has 26 heavy (non-hydrogen) atoms. The molecule has 8 heteroatoms. The number of thioether (sulfide) groups is 1. The summed E-state index contributed by atoms with van der Waals surface area (Å²) in [6, 6.07) is 14.1. The molecule has 1 amide bonds. The second-order valence-electron chi connectivity index (χ2n) is 5.72. The molecule has 134 valence electrons. The Labute approximate surface area is 154 Å². The van der Waals surface area contributed by atoms with Crippen LogP contribution in [0.3, 0.4) is 0 Å². The fourth-order valence-corrected chi connectivity index (χ4v) is 3.02. The first-order valence-corrected chi connectivity index (χ1v) is 9.10. The van der Waals surface area contributed by atoms with Gasteiger partial charge in [0.1, 0.15) is 5.82 Å². The van der Waals surface area contributed by atoms with Crippen LogP contribution in [0.4, 0.5) is 4.39 Å². The van der Waals surface area contributed by atoms with Gasteiger partial charge in [-0.1, -0.05) is 41.6 Å². The molecule has 0 bridgehead atoms. The van der Waals surface area contributed by atoms with Crippen LogP contribution < -0.4 is 5.32 Å². The smallest absolute Gasteiger partial charge is 0.230 e. The Morgan fingerprint density at radius 2 is 1.88 bits per heavy atom. The summed E-state index contributed by atoms with van der Waals surface area (Å²) >= 11 is 1.27. The molecule has 0 unspecified atom stereocenters. The molecule has 1 aromatic heterocycles. The first kappa shape index (κ1) is 18.1. The van der Waals surface area contributed by atoms with Gasteiger partial charge in [-0.3, -0.25) is 4.79 Å². The highest BCUT2D eigenvalue weighted by Crippen LogP contribution is 2.18. The van der Waals surface area contributed by atoms with Crippen LogP contribution in [0.5, 0.6) is 0 Å². The molecule has 0 aliphatic rings. The standard InChI is InChI=1S/C18H18FN5OS/c1-13-2-8-16(9-3-13)24-18(21-22-23-24)26-12-17(25)20-11-10-14-4-6-15(19)7-5-14/h2-9H,10-12H2,1H3,(H,20,25). The third-order valence-electron chi connectivity index (χ3n) is 3.70. The molecule has 0 aliphatic carbocycles. The Bertz CT molecular complexity index is 864. The lowest BCUT2D eigenvalue weighted by molar-refractivity contribution is -0.118. The molecule has 0 saturated heterocycles. The van der Waals surface area contributed by atoms with Gasteiger partial charge in [-0.15, -0.1) is 5.10 Å². The monoisotopic (exact) mass is 371 g/mol. The van der Waals surface area contributed by atoms with Crippen LogP contribution >= 0.6 is 11.8 Å². The molecule has 0 fully saturated rings. The van der Waals surface area contributed by atoms with Gasteiger partial charge in [-0.05, 0) is 53.6 Å². The van der Waals surface area contributed by atoms with E-state index in [0.29, 0.717) is 18.1 Å². The number of benzene rings is 2. The minimum absolute atomic E-state index is 0.101. The predicted octanol–water partition coefficient (Wildman–Crippen LogP) is 2.56. The summed E-state index contributed by atoms with van der Waals surface area (Å²) in [4.78, 5) is 12.0. The van der Waals surface area contributed by atoms with Crippen LogP contribution in [0.1, 0.15) is 11.1 Å². The van der Waals surface area contributed by atoms with Crippen molar-refractivity contribution >= 4 is 17.7 Å². The normalized spacial score (nSPS) is 10.7. The van der Waals surface area contributed by atoms with Gasteiger partial charge >= 0.3 is 0 Å². The van der Waals surface area contributed by atoms with Crippen LogP contribution in [0.25, 0.3) is 5.69 Å². The number of carbonyl (C=O) groups excluding carboxylic acids is 1. The Morgan fingerprint density at radius 3 is 2.62 bits per heavy atom. The lowest BCUT2D eigenvalue weighted by atomic mass is 10.1. The number of nitrogens with zero attached hydrogens (tertiary/aromatic N) is 4. The molecule has 0 atom stereocenters. The van der Waals surface area contributed by atoms with E-state index in [2.05, 4.69) is 20.8 Å². The van der Waals surface area contributed by atoms with Crippen molar-refractivity contribution in [2.45, 2.75) is 18.5 Å². The summed E-state index contributed by atoms with van der Waals surface area (Å²) in [5, 5.41) is 15.0. The topological polar surface area (TPSA) is 72.7 Å². The van der Waals surface area contributed by atoms with Crippen molar-refractivity contribution in [3.05, 3.63) is 65.5 Å². The maximum atomic E-state index is 12.9. The fourth-order valence-electron chi connectivity index (χ4n) is 2.30. The van der Waals surface area contributed by atoms with E-state index < -0.39 is 0 Å². The molecule has 0 aliphatic heterocycles. The fraction of sp³-hybridized carbons (Fsp3) is 0.222. The van der Waals surface area contributed by atoms with E-state index >= 15 is 0 Å². The van der Waals surface area contributed by atoms with E-state index in [4.69, 9.17) is 0 Å². The summed E-state index contributed by atoms with van der Waals surface area (Å²) in [5.74, 6) is -0.147. The average molecular weight is 371 g/mol. The van der Waals surface area contributed by atoms with Crippen molar-refractivity contribution in [3.8, 4) is 5.69 Å². The first-order chi connectivity index (χ1) is 12.6. The summed E-state index contributed by atoms with van der Waals surface area (Å²) in [6.07, 6.45) is 0.651. The van der Waals surface area contributed by atoms with Crippen molar-refractivity contribution in [1.29, 1.82) is 0 Å². The number of nitrogens with one attached hydrogen (secondary N) is 1. The summed E-state index contributed by atoms with van der Waals surface area (Å²) in [6.45, 7) is 2.50. The summed E-state index contributed by atoms with van der Waals surface area (Å²) in [7, 11) is 0. The molecule has 3 aromatic rings. The van der Waals surface area contributed by atoms with Gasteiger partial charge in [-0.25, -0.2) is 4.39 Å². The van der Waals surface area contributed by atoms with Crippen LogP contribution in [0, 0.1) is 12.7 Å². The molecule has 0 radical (unpaired) electrons. The number of hydrogen-bond acceptors (Lipinski definition) is 5. The predicted molar refractivity (Wildman–Crippen MR) is 97.7 cm³/mol. The minimum atomic E-state index is -0.263. The number of rotatable bonds is 7. The number of amides is 1. The Hall–Kier alpha value is -2.74. The second-order valence-corrected chi connectivity index (χ2v) is 6.67. The van der Waals surface area contributed by atoms with E-state index in [1.54, 1.807) is 16.8 Å². The Balaban J connectivity index is 1.48. The highest BCUT2D eigenvalue weighted by atomic mass is 32.2. The zero-order valence-corrected chi connectivity index (χ0v) is 15.0. The minimum Gasteiger partial charge on any atom is -0.355 e. The van der Waals surface area contributed by atoms with E-state index in [1.807, 2.05) is 31.2 Å². The van der Waals surface area contributed by atoms with E-state index in [-0.39, 0.29) is 17.5 Å². The number of carbonyl (C=O) groups is 1. The van der Waals surface area contributed by atoms with E-state index in [1.165, 1.54) is 23.9 Å². The highest BCUT2D eigenvalue weighted by molar-refractivity contribution is 7.99. The molecular weight excluding hydrogens is 353 g/mol. The van der Waals surface area contributed by atoms with Crippen LogP contribution in [0.2, 0.25) is 0 Å². The van der Waals surface area contributed by atoms with Gasteiger partial charge in [0.15, 0.2) is 0 Å². The van der Waals surface area contributed by atoms with Gasteiger partial charge in [0.25, 0.3) is 0 Å². The summed E-state index contributed by atoms with van der Waals surface area (Å²) < 4.78 is 14.5. The van der Waals surface area contributed by atoms with Gasteiger partial charge in [0.05, 0.1) is 11.4 Å². The molecule has 2 aromatic carbocycles. The Morgan fingerprint density at radius 1 is 1.15 bits per heavy atom. The highest BCUT2D eigenvalue weighted by Gasteiger charge is 2.11. The molecule has 6 nitrogen and oxygen atoms in total. The first-order valence-electron chi connectivity index (χ1n) is 8.11. The van der Waals surface area contributed by atoms with Gasteiger partial charge in [-0.2, -0.15) is 4.68 Å². The largest absolute Gasteiger partial charge is 0.355 e. The molecular formula is C18H18FN5OS. The van der Waals surface area contributed by atoms with Crippen LogP contribution in [0.15, 0.2) is 53.7 Å². The average Bonchev–Trinajstić information content (AvgIpc) is 3.11. The van der Waals surface area contributed by atoms with Crippen molar-refractivity contribution in [3.63, 3.8) is 0 Å². The number of aromatic nitrogens is 4. The van der Waals surface area contributed by atoms with Gasteiger partial charge in [0, 0.05) is 6.54 Å². The molecule has 1 heterocycles.